The van der Waals surface area contributed by atoms with Crippen LogP contribution in [0.1, 0.15) is 17.3 Å². The van der Waals surface area contributed by atoms with Gasteiger partial charge in [-0.3, -0.25) is 4.79 Å². The molecular weight excluding hydrogens is 427 g/mol. The van der Waals surface area contributed by atoms with E-state index < -0.39 is 11.4 Å². The van der Waals surface area contributed by atoms with Crippen molar-refractivity contribution < 1.29 is 14.3 Å². The van der Waals surface area contributed by atoms with Gasteiger partial charge in [-0.15, -0.1) is 0 Å². The van der Waals surface area contributed by atoms with Gasteiger partial charge in [-0.05, 0) is 31.2 Å². The molecule has 0 radical (unpaired) electrons. The first-order valence-corrected chi connectivity index (χ1v) is 9.86. The Labute approximate surface area is 181 Å². The van der Waals surface area contributed by atoms with Crippen molar-refractivity contribution in [1.29, 1.82) is 0 Å². The van der Waals surface area contributed by atoms with Gasteiger partial charge in [-0.25, -0.2) is 9.78 Å². The van der Waals surface area contributed by atoms with Gasteiger partial charge in [0, 0.05) is 22.2 Å². The molecule has 0 unspecified atom stereocenters. The van der Waals surface area contributed by atoms with Gasteiger partial charge in [-0.1, -0.05) is 35.3 Å². The normalized spacial score (nSPS) is 11.1. The quantitative estimate of drug-likeness (QED) is 0.345. The highest BCUT2D eigenvalue weighted by Crippen LogP contribution is 2.35. The lowest BCUT2D eigenvalue weighted by Gasteiger charge is -2.13. The summed E-state index contributed by atoms with van der Waals surface area (Å²) in [6.07, 6.45) is 1.36. The third-order valence-electron chi connectivity index (χ3n) is 4.70. The van der Waals surface area contributed by atoms with Crippen molar-refractivity contribution >= 4 is 51.0 Å². The average molecular weight is 443 g/mol. The predicted octanol–water partition coefficient (Wildman–Crippen LogP) is 5.24. The van der Waals surface area contributed by atoms with E-state index in [0.717, 1.165) is 0 Å². The molecule has 0 spiro atoms. The van der Waals surface area contributed by atoms with Crippen molar-refractivity contribution in [3.8, 4) is 17.0 Å². The van der Waals surface area contributed by atoms with Crippen molar-refractivity contribution in [2.45, 2.75) is 6.92 Å². The number of ether oxygens (including phenoxy) is 2. The molecule has 0 aliphatic heterocycles. The number of aromatic amines is 1. The van der Waals surface area contributed by atoms with E-state index in [4.69, 9.17) is 37.7 Å². The Morgan fingerprint density at radius 1 is 1.17 bits per heavy atom. The van der Waals surface area contributed by atoms with E-state index in [2.05, 4.69) is 4.98 Å². The molecule has 0 saturated heterocycles. The molecule has 2 aromatic carbocycles. The number of aromatic nitrogens is 2. The lowest BCUT2D eigenvalue weighted by atomic mass is 10.0. The number of halogens is 2. The van der Waals surface area contributed by atoms with Crippen LogP contribution in [0.4, 0.5) is 0 Å². The third kappa shape index (κ3) is 3.38. The summed E-state index contributed by atoms with van der Waals surface area (Å²) in [5, 5.41) is 1.85. The Morgan fingerprint density at radius 2 is 1.90 bits per heavy atom. The van der Waals surface area contributed by atoms with E-state index in [-0.39, 0.29) is 17.6 Å². The molecule has 4 rings (SSSR count). The maximum absolute atomic E-state index is 13.3. The van der Waals surface area contributed by atoms with Crippen molar-refractivity contribution in [2.24, 2.45) is 0 Å². The Balaban J connectivity index is 2.15. The fourth-order valence-electron chi connectivity index (χ4n) is 3.31. The topological polar surface area (TPSA) is 81.3 Å². The number of fused-ring (bicyclic) bond motifs is 3. The molecule has 0 atom stereocenters. The molecule has 8 heteroatoms. The van der Waals surface area contributed by atoms with Crippen LogP contribution in [0.5, 0.6) is 5.75 Å². The standard InChI is InChI=1S/C22H16Cl2N2O4/c1-3-30-22(28)14-10-25-20-13-8-17(29-2)15(24)9-16(13)26-19(18(20)21(14)27)11-4-6-12(23)7-5-11/h4-10H,3H2,1-2H3,(H,25,27). The SMILES string of the molecule is CCOC(=O)c1c[nH]c2c(c(-c3ccc(Cl)cc3)nc3cc(Cl)c(OC)cc32)c1=O. The summed E-state index contributed by atoms with van der Waals surface area (Å²) in [5.74, 6) is -0.252. The summed E-state index contributed by atoms with van der Waals surface area (Å²) < 4.78 is 10.3. The number of nitrogens with one attached hydrogen (secondary N) is 1. The van der Waals surface area contributed by atoms with Gasteiger partial charge >= 0.3 is 5.97 Å². The molecule has 2 heterocycles. The van der Waals surface area contributed by atoms with Crippen molar-refractivity contribution in [2.75, 3.05) is 13.7 Å². The average Bonchev–Trinajstić information content (AvgIpc) is 2.73. The monoisotopic (exact) mass is 442 g/mol. The molecule has 0 bridgehead atoms. The summed E-state index contributed by atoms with van der Waals surface area (Å²) in [6.45, 7) is 1.84. The minimum atomic E-state index is -0.698. The molecule has 6 nitrogen and oxygen atoms in total. The number of hydrogen-bond donors (Lipinski definition) is 1. The number of nitrogens with zero attached hydrogens (tertiary/aromatic N) is 1. The van der Waals surface area contributed by atoms with Gasteiger partial charge in [0.15, 0.2) is 0 Å². The summed E-state index contributed by atoms with van der Waals surface area (Å²) in [6, 6.07) is 10.3. The number of carbonyl (C=O) groups is 1. The molecule has 0 aliphatic rings. The van der Waals surface area contributed by atoms with E-state index >= 15 is 0 Å². The zero-order chi connectivity index (χ0) is 21.4. The first-order chi connectivity index (χ1) is 14.4. The maximum Gasteiger partial charge on any atom is 0.343 e. The summed E-state index contributed by atoms with van der Waals surface area (Å²) in [5.41, 5.74) is 1.58. The fraction of sp³-hybridized carbons (Fsp3) is 0.136. The van der Waals surface area contributed by atoms with Crippen LogP contribution >= 0.6 is 23.2 Å². The second-order valence-corrected chi connectivity index (χ2v) is 7.32. The molecule has 0 saturated carbocycles. The number of carbonyl (C=O) groups excluding carboxylic acids is 1. The molecule has 30 heavy (non-hydrogen) atoms. The van der Waals surface area contributed by atoms with Crippen LogP contribution in [0, 0.1) is 0 Å². The Bertz CT molecular complexity index is 1350. The van der Waals surface area contributed by atoms with Crippen LogP contribution in [-0.4, -0.2) is 29.7 Å². The zero-order valence-corrected chi connectivity index (χ0v) is 17.6. The molecule has 4 aromatic rings. The van der Waals surface area contributed by atoms with Crippen LogP contribution in [0.25, 0.3) is 33.1 Å². The smallest absolute Gasteiger partial charge is 0.343 e. The number of methoxy groups -OCH3 is 1. The minimum absolute atomic E-state index is 0.0957. The Kier molecular flexibility index (Phi) is 5.37. The van der Waals surface area contributed by atoms with Crippen LogP contribution < -0.4 is 10.2 Å². The van der Waals surface area contributed by atoms with E-state index in [1.165, 1.54) is 13.3 Å². The van der Waals surface area contributed by atoms with Crippen molar-refractivity contribution in [3.05, 3.63) is 68.4 Å². The van der Waals surface area contributed by atoms with Crippen LogP contribution in [-0.2, 0) is 4.74 Å². The van der Waals surface area contributed by atoms with E-state index in [1.807, 2.05) is 0 Å². The number of benzene rings is 2. The Morgan fingerprint density at radius 3 is 2.57 bits per heavy atom. The Hall–Kier alpha value is -3.09. The highest BCUT2D eigenvalue weighted by Gasteiger charge is 2.21. The first kappa shape index (κ1) is 20.2. The van der Waals surface area contributed by atoms with Crippen molar-refractivity contribution in [1.82, 2.24) is 9.97 Å². The lowest BCUT2D eigenvalue weighted by Crippen LogP contribution is -2.19. The molecule has 1 N–H and O–H groups in total. The van der Waals surface area contributed by atoms with Crippen molar-refractivity contribution in [3.63, 3.8) is 0 Å². The summed E-state index contributed by atoms with van der Waals surface area (Å²) >= 11 is 12.3. The third-order valence-corrected chi connectivity index (χ3v) is 5.25. The van der Waals surface area contributed by atoms with Gasteiger partial charge in [-0.2, -0.15) is 0 Å². The number of pyridine rings is 2. The molecule has 152 valence electrons. The second-order valence-electron chi connectivity index (χ2n) is 6.47. The van der Waals surface area contributed by atoms with Gasteiger partial charge in [0.25, 0.3) is 0 Å². The molecular formula is C22H16Cl2N2O4. The van der Waals surface area contributed by atoms with E-state index in [9.17, 15) is 9.59 Å². The van der Waals surface area contributed by atoms with Crippen LogP contribution in [0.3, 0.4) is 0 Å². The van der Waals surface area contributed by atoms with Crippen LogP contribution in [0.2, 0.25) is 10.0 Å². The molecule has 2 aromatic heterocycles. The number of esters is 1. The van der Waals surface area contributed by atoms with E-state index in [1.54, 1.807) is 43.3 Å². The molecule has 0 aliphatic carbocycles. The summed E-state index contributed by atoms with van der Waals surface area (Å²) in [4.78, 5) is 33.4. The number of H-pyrrole nitrogens is 1. The van der Waals surface area contributed by atoms with Gasteiger partial charge < -0.3 is 14.5 Å². The fourth-order valence-corrected chi connectivity index (χ4v) is 3.68. The molecule has 0 fully saturated rings. The summed E-state index contributed by atoms with van der Waals surface area (Å²) in [7, 11) is 1.51. The highest BCUT2D eigenvalue weighted by atomic mass is 35.5. The van der Waals surface area contributed by atoms with Gasteiger partial charge in [0.2, 0.25) is 5.43 Å². The molecule has 0 amide bonds. The van der Waals surface area contributed by atoms with Gasteiger partial charge in [0.05, 0.1) is 40.9 Å². The van der Waals surface area contributed by atoms with E-state index in [0.29, 0.717) is 43.5 Å². The van der Waals surface area contributed by atoms with Crippen LogP contribution in [0.15, 0.2) is 47.4 Å². The second kappa shape index (κ2) is 7.97. The minimum Gasteiger partial charge on any atom is -0.495 e. The zero-order valence-electron chi connectivity index (χ0n) is 16.1. The lowest BCUT2D eigenvalue weighted by molar-refractivity contribution is 0.0524. The highest BCUT2D eigenvalue weighted by molar-refractivity contribution is 6.33. The first-order valence-electron chi connectivity index (χ1n) is 9.10. The number of rotatable bonds is 4. The number of hydrogen-bond acceptors (Lipinski definition) is 5. The predicted molar refractivity (Wildman–Crippen MR) is 118 cm³/mol. The maximum atomic E-state index is 13.3. The van der Waals surface area contributed by atoms with Gasteiger partial charge in [0.1, 0.15) is 11.3 Å². The largest absolute Gasteiger partial charge is 0.495 e.